The first-order valence-corrected chi connectivity index (χ1v) is 38.9. The number of nitrogens with one attached hydrogen (secondary N) is 13. The average Bonchev–Trinajstić information content (AvgIpc) is 1.65. The van der Waals surface area contributed by atoms with Crippen LogP contribution in [-0.2, 0) is 96.0 Å². The number of nitrogens with two attached hydrogens (primary N) is 2. The molecule has 3 heterocycles. The molecule has 0 aliphatic carbocycles. The van der Waals surface area contributed by atoms with Crippen LogP contribution in [0.4, 0.5) is 0 Å². The fraction of sp³-hybridized carbons (Fsp3) is 0.571. The Morgan fingerprint density at radius 3 is 1.52 bits per heavy atom. The minimum absolute atomic E-state index is 0. The number of hydrogen-bond acceptors (Lipinski definition) is 25. The molecule has 0 saturated carbocycles. The summed E-state index contributed by atoms with van der Waals surface area (Å²) in [6, 6.07) is 4.84. The molecule has 644 valence electrons. The van der Waals surface area contributed by atoms with Crippen LogP contribution in [0.3, 0.4) is 0 Å². The Hall–Kier alpha value is -10.6. The molecule has 40 nitrogen and oxygen atoms in total. The Morgan fingerprint density at radius 1 is 0.483 bits per heavy atom. The molecule has 1 unspecified atom stereocenters. The number of aliphatic hydroxyl groups excluding tert-OH is 1. The Balaban J connectivity index is 0.0000293. The maximum Gasteiger partial charge on any atom is 3.00 e. The number of nitrogens with zero attached hydrogens (tertiary/aromatic N) is 5. The third-order valence-corrected chi connectivity index (χ3v) is 19.0. The van der Waals surface area contributed by atoms with Crippen molar-refractivity contribution in [1.82, 2.24) is 93.0 Å². The number of imidazole rings is 1. The number of aromatic nitrogens is 3. The van der Waals surface area contributed by atoms with Gasteiger partial charge in [-0.2, -0.15) is 0 Å². The maximum absolute atomic E-state index is 14.7. The molecule has 2 aromatic carbocycles. The van der Waals surface area contributed by atoms with E-state index in [1.807, 2.05) is 27.7 Å². The van der Waals surface area contributed by atoms with E-state index in [0.717, 1.165) is 0 Å². The normalized spacial score (nSPS) is 15.5. The van der Waals surface area contributed by atoms with Crippen LogP contribution in [0.25, 0.3) is 10.9 Å². The summed E-state index contributed by atoms with van der Waals surface area (Å²) < 4.78 is 0. The van der Waals surface area contributed by atoms with Crippen molar-refractivity contribution in [3.8, 4) is 0 Å². The second-order valence-corrected chi connectivity index (χ2v) is 30.2. The first-order chi connectivity index (χ1) is 55.4. The van der Waals surface area contributed by atoms with Gasteiger partial charge in [0.05, 0.1) is 55.9 Å². The largest absolute Gasteiger partial charge is 3.00 e. The van der Waals surface area contributed by atoms with Gasteiger partial charge in [0.25, 0.3) is 0 Å². The van der Waals surface area contributed by atoms with Crippen LogP contribution >= 0.6 is 0 Å². The molecule has 18 N–H and O–H groups in total. The number of carboxylic acids is 3. The van der Waals surface area contributed by atoms with Crippen molar-refractivity contribution in [2.75, 3.05) is 98.2 Å². The number of H-pyrrole nitrogens is 2. The Bertz CT molecular complexity index is 3970. The van der Waals surface area contributed by atoms with Crippen molar-refractivity contribution in [3.05, 3.63) is 90.1 Å². The summed E-state index contributed by atoms with van der Waals surface area (Å²) in [4.78, 5) is 228. The molecule has 1 fully saturated rings. The molecule has 118 heavy (non-hydrogen) atoms. The second kappa shape index (κ2) is 51.6. The molecule has 9 atom stereocenters. The van der Waals surface area contributed by atoms with E-state index in [2.05, 4.69) is 73.4 Å². The number of aromatic amines is 2. The van der Waals surface area contributed by atoms with Gasteiger partial charge >= 0.3 is 25.8 Å². The van der Waals surface area contributed by atoms with Gasteiger partial charge < -0.3 is 115 Å². The Kier molecular flexibility index (Phi) is 43.6. The van der Waals surface area contributed by atoms with Crippen LogP contribution in [0.2, 0.25) is 0 Å². The molecule has 2 aromatic heterocycles. The van der Waals surface area contributed by atoms with Crippen LogP contribution in [0.15, 0.2) is 73.3 Å². The van der Waals surface area contributed by atoms with Crippen molar-refractivity contribution in [1.29, 1.82) is 0 Å². The van der Waals surface area contributed by atoms with Gasteiger partial charge in [0.2, 0.25) is 76.8 Å². The van der Waals surface area contributed by atoms with E-state index in [0.29, 0.717) is 27.7 Å². The van der Waals surface area contributed by atoms with Crippen molar-refractivity contribution in [2.24, 2.45) is 29.2 Å². The molecular weight excluding hydrogens is 1640 g/mol. The number of benzene rings is 2. The molecule has 13 amide bonds. The van der Waals surface area contributed by atoms with Crippen molar-refractivity contribution < 1.29 is 97.1 Å². The number of aliphatic hydroxyl groups is 1. The molecule has 1 saturated heterocycles. The summed E-state index contributed by atoms with van der Waals surface area (Å²) in [7, 11) is 0. The van der Waals surface area contributed by atoms with Crippen LogP contribution < -0.4 is 85.3 Å². The first kappa shape index (κ1) is 99.7. The molecule has 1 aliphatic rings. The van der Waals surface area contributed by atoms with Gasteiger partial charge in [0.1, 0.15) is 42.3 Å². The fourth-order valence-electron chi connectivity index (χ4n) is 12.8. The number of amides is 13. The van der Waals surface area contributed by atoms with E-state index >= 15 is 0 Å². The molecule has 41 heteroatoms. The maximum atomic E-state index is 14.7. The topological polar surface area (TPSA) is 604 Å². The smallest absolute Gasteiger partial charge is 0.549 e. The van der Waals surface area contributed by atoms with E-state index in [-0.39, 0.29) is 155 Å². The predicted molar refractivity (Wildman–Crippen MR) is 422 cm³/mol. The number of para-hydroxylation sites is 1. The van der Waals surface area contributed by atoms with E-state index in [1.165, 1.54) is 34.1 Å². The molecule has 0 spiro atoms. The Morgan fingerprint density at radius 2 is 0.975 bits per heavy atom. The summed E-state index contributed by atoms with van der Waals surface area (Å²) in [6.45, 7) is 9.89. The monoisotopic (exact) mass is 1750 g/mol. The standard InChI is InChI=1S/C77H116N20O20.In/c1-45(2)31-55(60(98)36-64(102)87-56(71(79)111)32-46(3)4)91-76(116)59(35-51-38-80-44-85-51)89-65(103)39-84-77(117)70(47(5)6)93-72(112)48(7)86-74(114)58(34-50-37-83-53-16-12-11-15-52(50)53)92-73(113)54(17-18-61(78)99)90-75(115)57(33-49-13-9-8-10-14-49)88-63(101)20-22-81-62(100)19-21-82-66(104)40-94-23-25-95(41-67(105)106)27-29-97(43-69(109)110)30-28-96(26-24-94)42-68(107)108;/h8-16,37-38,44-48,54-60,70,83,98H,17-36,39-43H2,1-7H3,(H2,78,99)(H2,79,111)(H,80,85)(H,81,100)(H,82,104)(H,84,117)(H,86,114)(H,87,102)(H,88,101)(H,89,103)(H,90,115)(H,91,116)(H,92,113)(H,93,112)(H,105,106)(H,107,108)(H,109,110);/q;+3/p-3/t48-,54-,55?,56-,57+,58-,59-,60-,70-;/m0./s1/i;1-4. The molecule has 0 radical (unpaired) electrons. The SMILES string of the molecule is CC(C)CC(NC(=O)[C@H](Cc1cnc[nH]1)NC(=O)CNC(=O)[C@@H](NC(=O)[C@H](C)NC(=O)[C@H](Cc1c[nH]c2ccccc12)NC(=O)[C@H](CCC(N)=O)NC(=O)[C@@H](Cc1ccccc1)NC(=O)CCNC(=O)CCNC(=O)CN1CCN(CC(=O)[O-])CCN(CC(=O)[O-])CCN(CC(=O)[O-])CC1)C(C)C)[C@@H](O)CC(=O)N[C@@H](CC(C)C)C(N)=O.[111In+3]. The van der Waals surface area contributed by atoms with Crippen LogP contribution in [0.5, 0.6) is 0 Å². The van der Waals surface area contributed by atoms with Gasteiger partial charge in [-0.15, -0.1) is 0 Å². The first-order valence-electron chi connectivity index (χ1n) is 38.9. The number of hydrogen-bond donors (Lipinski definition) is 16. The molecular formula is C77H113InN20O20. The zero-order chi connectivity index (χ0) is 86.4. The van der Waals surface area contributed by atoms with Gasteiger partial charge in [0, 0.05) is 153 Å². The number of fused-ring (bicyclic) bond motifs is 1. The second-order valence-electron chi connectivity index (χ2n) is 30.2. The fourth-order valence-corrected chi connectivity index (χ4v) is 12.8. The van der Waals surface area contributed by atoms with E-state index in [4.69, 9.17) is 11.5 Å². The van der Waals surface area contributed by atoms with Crippen molar-refractivity contribution in [2.45, 2.75) is 167 Å². The van der Waals surface area contributed by atoms with Gasteiger partial charge in [-0.25, -0.2) is 4.98 Å². The molecule has 4 aromatic rings. The third kappa shape index (κ3) is 37.8. The summed E-state index contributed by atoms with van der Waals surface area (Å²) in [6.07, 6.45) is 0.874. The van der Waals surface area contributed by atoms with E-state index in [9.17, 15) is 97.1 Å². The third-order valence-electron chi connectivity index (χ3n) is 19.0. The van der Waals surface area contributed by atoms with Crippen molar-refractivity contribution >= 4 is 131 Å². The average molecular weight is 1750 g/mol. The van der Waals surface area contributed by atoms with E-state index < -0.39 is 200 Å². The minimum Gasteiger partial charge on any atom is -0.549 e. The van der Waals surface area contributed by atoms with E-state index in [1.54, 1.807) is 79.5 Å². The van der Waals surface area contributed by atoms with Gasteiger partial charge in [0.15, 0.2) is 0 Å². The van der Waals surface area contributed by atoms with Crippen LogP contribution in [0, 0.1) is 17.8 Å². The number of primary amides is 2. The molecule has 0 bridgehead atoms. The van der Waals surface area contributed by atoms with Gasteiger partial charge in [-0.1, -0.05) is 90.1 Å². The van der Waals surface area contributed by atoms with Crippen LogP contribution in [0.1, 0.15) is 110 Å². The van der Waals surface area contributed by atoms with Crippen LogP contribution in [-0.4, -0.2) is 313 Å². The quantitative estimate of drug-likeness (QED) is 0.0195. The molecule has 5 rings (SSSR count). The number of carbonyl (C=O) groups is 16. The number of rotatable bonds is 48. The number of carbonyl (C=O) groups excluding carboxylic acids is 16. The summed E-state index contributed by atoms with van der Waals surface area (Å²) in [5, 5.41) is 75.4. The number of aliphatic carboxylic acids is 3. The molecule has 1 aliphatic heterocycles. The Labute approximate surface area is 702 Å². The van der Waals surface area contributed by atoms with Gasteiger partial charge in [-0.3, -0.25) is 81.9 Å². The number of carboxylic acid groups (broad SMARTS) is 3. The zero-order valence-electron chi connectivity index (χ0n) is 67.7. The zero-order valence-corrected chi connectivity index (χ0v) is 71.0. The summed E-state index contributed by atoms with van der Waals surface area (Å²) in [5.74, 6) is -15.2. The minimum atomic E-state index is -1.60. The van der Waals surface area contributed by atoms with Gasteiger partial charge in [-0.05, 0) is 61.1 Å². The predicted octanol–water partition coefficient (Wildman–Crippen LogP) is -8.71. The summed E-state index contributed by atoms with van der Waals surface area (Å²) >= 11 is 0. The summed E-state index contributed by atoms with van der Waals surface area (Å²) in [5.41, 5.74) is 13.3. The van der Waals surface area contributed by atoms with Crippen molar-refractivity contribution in [3.63, 3.8) is 0 Å².